The van der Waals surface area contributed by atoms with Gasteiger partial charge in [-0.25, -0.2) is 9.37 Å². The van der Waals surface area contributed by atoms with Gasteiger partial charge >= 0.3 is 12.3 Å². The molecule has 1 amide bonds. The van der Waals surface area contributed by atoms with Gasteiger partial charge < -0.3 is 19.3 Å². The van der Waals surface area contributed by atoms with E-state index in [-0.39, 0.29) is 43.7 Å². The summed E-state index contributed by atoms with van der Waals surface area (Å²) in [4.78, 5) is 32.5. The number of nitrogens with zero attached hydrogens (tertiary/aromatic N) is 4. The first-order valence-corrected chi connectivity index (χ1v) is 12.8. The number of hydrogen-bond acceptors (Lipinski definition) is 5. The van der Waals surface area contributed by atoms with E-state index in [0.717, 1.165) is 41.6 Å². The minimum absolute atomic E-state index is 0. The monoisotopic (exact) mass is 584 g/mol. The average Bonchev–Trinajstić information content (AvgIpc) is 3.19. The van der Waals surface area contributed by atoms with Gasteiger partial charge in [-0.05, 0) is 73.7 Å². The second-order valence-corrected chi connectivity index (χ2v) is 10.1. The second-order valence-electron chi connectivity index (χ2n) is 10.1. The lowest BCUT2D eigenvalue weighted by atomic mass is 9.93. The largest absolute Gasteiger partial charge is 0.573 e. The number of carbonyl (C=O) groups excluding carboxylic acids is 1. The molecule has 0 spiro atoms. The molecule has 2 aliphatic heterocycles. The first-order valence-electron chi connectivity index (χ1n) is 12.8. The molecule has 1 aromatic carbocycles. The predicted octanol–water partition coefficient (Wildman–Crippen LogP) is 4.62. The number of fused-ring (bicyclic) bond motifs is 3. The summed E-state index contributed by atoms with van der Waals surface area (Å²) in [6, 6.07) is 7.12. The number of halogens is 5. The first-order chi connectivity index (χ1) is 18.6. The van der Waals surface area contributed by atoms with Gasteiger partial charge in [0, 0.05) is 36.8 Å². The van der Waals surface area contributed by atoms with Crippen molar-refractivity contribution < 1.29 is 37.0 Å². The molecular weight excluding hydrogens is 556 g/mol. The van der Waals surface area contributed by atoms with Crippen LogP contribution in [0.3, 0.4) is 0 Å². The van der Waals surface area contributed by atoms with E-state index in [9.17, 15) is 27.2 Å². The SMILES string of the molecule is Cl.O=C(O)CC1CCN(CC(=O)N2CCc3c(n(Cc4ccc(OC(F)(F)F)c(F)c4)c4ncccc34)C2)CC1. The van der Waals surface area contributed by atoms with Gasteiger partial charge in [0.25, 0.3) is 0 Å². The Kier molecular flexibility index (Phi) is 8.89. The van der Waals surface area contributed by atoms with E-state index in [0.29, 0.717) is 43.8 Å². The van der Waals surface area contributed by atoms with Crippen LogP contribution in [0.5, 0.6) is 5.75 Å². The molecule has 2 aromatic heterocycles. The summed E-state index contributed by atoms with van der Waals surface area (Å²) in [5.74, 6) is -2.71. The van der Waals surface area contributed by atoms with Crippen LogP contribution in [0, 0.1) is 11.7 Å². The molecule has 0 aliphatic carbocycles. The lowest BCUT2D eigenvalue weighted by Crippen LogP contribution is -2.45. The summed E-state index contributed by atoms with van der Waals surface area (Å²) in [5, 5.41) is 9.94. The van der Waals surface area contributed by atoms with Crippen molar-refractivity contribution in [2.45, 2.75) is 45.1 Å². The molecule has 2 aliphatic rings. The Bertz CT molecular complexity index is 1390. The van der Waals surface area contributed by atoms with Crippen LogP contribution in [-0.2, 0) is 29.1 Å². The van der Waals surface area contributed by atoms with Gasteiger partial charge in [-0.1, -0.05) is 6.07 Å². The fourth-order valence-electron chi connectivity index (χ4n) is 5.56. The van der Waals surface area contributed by atoms with Crippen LogP contribution < -0.4 is 4.74 Å². The van der Waals surface area contributed by atoms with E-state index in [4.69, 9.17) is 5.11 Å². The van der Waals surface area contributed by atoms with E-state index in [1.807, 2.05) is 16.7 Å². The Labute approximate surface area is 233 Å². The van der Waals surface area contributed by atoms with E-state index in [1.54, 1.807) is 11.1 Å². The van der Waals surface area contributed by atoms with Gasteiger partial charge in [0.2, 0.25) is 5.91 Å². The number of alkyl halides is 3. The topological polar surface area (TPSA) is 87.9 Å². The van der Waals surface area contributed by atoms with Crippen molar-refractivity contribution in [3.8, 4) is 5.75 Å². The minimum atomic E-state index is -4.99. The zero-order chi connectivity index (χ0) is 27.7. The van der Waals surface area contributed by atoms with Crippen molar-refractivity contribution >= 4 is 35.3 Å². The molecule has 0 radical (unpaired) electrons. The number of rotatable bonds is 7. The molecule has 40 heavy (non-hydrogen) atoms. The van der Waals surface area contributed by atoms with Gasteiger partial charge in [-0.3, -0.25) is 14.5 Å². The van der Waals surface area contributed by atoms with Crippen LogP contribution in [-0.4, -0.2) is 68.9 Å². The molecule has 3 aromatic rings. The van der Waals surface area contributed by atoms with Crippen LogP contribution in [0.25, 0.3) is 11.0 Å². The minimum Gasteiger partial charge on any atom is -0.481 e. The number of ether oxygens (including phenoxy) is 1. The highest BCUT2D eigenvalue weighted by Crippen LogP contribution is 2.32. The van der Waals surface area contributed by atoms with E-state index >= 15 is 0 Å². The fourth-order valence-corrected chi connectivity index (χ4v) is 5.56. The zero-order valence-electron chi connectivity index (χ0n) is 21.5. The highest BCUT2D eigenvalue weighted by Gasteiger charge is 2.33. The summed E-state index contributed by atoms with van der Waals surface area (Å²) in [5.41, 5.74) is 3.00. The molecule has 0 bridgehead atoms. The molecule has 4 heterocycles. The molecule has 13 heteroatoms. The molecule has 216 valence electrons. The Morgan fingerprint density at radius 2 is 1.88 bits per heavy atom. The smallest absolute Gasteiger partial charge is 0.481 e. The molecule has 5 rings (SSSR count). The third-order valence-electron chi connectivity index (χ3n) is 7.46. The van der Waals surface area contributed by atoms with Gasteiger partial charge in [-0.15, -0.1) is 25.6 Å². The zero-order valence-corrected chi connectivity index (χ0v) is 22.3. The number of carbonyl (C=O) groups is 2. The highest BCUT2D eigenvalue weighted by atomic mass is 35.5. The molecule has 1 saturated heterocycles. The predicted molar refractivity (Wildman–Crippen MR) is 140 cm³/mol. The van der Waals surface area contributed by atoms with Crippen LogP contribution >= 0.6 is 12.4 Å². The maximum atomic E-state index is 14.4. The van der Waals surface area contributed by atoms with Crippen LogP contribution in [0.4, 0.5) is 17.6 Å². The molecule has 0 unspecified atom stereocenters. The second kappa shape index (κ2) is 12.0. The number of carboxylic acid groups (broad SMARTS) is 1. The maximum absolute atomic E-state index is 14.4. The van der Waals surface area contributed by atoms with Crippen LogP contribution in [0.1, 0.15) is 36.1 Å². The number of pyridine rings is 1. The Morgan fingerprint density at radius 3 is 2.55 bits per heavy atom. The average molecular weight is 585 g/mol. The van der Waals surface area contributed by atoms with Crippen LogP contribution in [0.15, 0.2) is 36.5 Å². The molecule has 8 nitrogen and oxygen atoms in total. The number of hydrogen-bond donors (Lipinski definition) is 1. The number of aromatic nitrogens is 2. The van der Waals surface area contributed by atoms with Crippen molar-refractivity contribution in [1.29, 1.82) is 0 Å². The molecular formula is C27H29ClF4N4O4. The fraction of sp³-hybridized carbons (Fsp3) is 0.444. The summed E-state index contributed by atoms with van der Waals surface area (Å²) >= 11 is 0. The number of aliphatic carboxylic acids is 1. The van der Waals surface area contributed by atoms with Crippen molar-refractivity contribution in [1.82, 2.24) is 19.4 Å². The van der Waals surface area contributed by atoms with Crippen LogP contribution in [0.2, 0.25) is 0 Å². The van der Waals surface area contributed by atoms with Crippen molar-refractivity contribution in [2.75, 3.05) is 26.2 Å². The number of likely N-dealkylation sites (tertiary alicyclic amines) is 1. The third kappa shape index (κ3) is 6.67. The lowest BCUT2D eigenvalue weighted by molar-refractivity contribution is -0.275. The van der Waals surface area contributed by atoms with Crippen molar-refractivity contribution in [2.24, 2.45) is 5.92 Å². The standard InChI is InChI=1S/C27H28F4N4O4.ClH/c28-21-12-18(3-4-23(21)39-27(29,30)31)14-35-22-15-34(11-7-19(22)20-2-1-8-32-26(20)35)24(36)16-33-9-5-17(6-10-33)13-25(37)38;/h1-4,8,12,17H,5-7,9-11,13-16H2,(H,37,38);1H. The Hall–Kier alpha value is -3.38. The van der Waals surface area contributed by atoms with E-state index in [2.05, 4.69) is 14.6 Å². The van der Waals surface area contributed by atoms with E-state index in [1.165, 1.54) is 6.07 Å². The normalized spacial score (nSPS) is 16.4. The first kappa shape index (κ1) is 29.6. The number of benzene rings is 1. The summed E-state index contributed by atoms with van der Waals surface area (Å²) in [6.45, 7) is 2.62. The van der Waals surface area contributed by atoms with Gasteiger partial charge in [0.15, 0.2) is 11.6 Å². The molecule has 0 atom stereocenters. The quantitative estimate of drug-likeness (QED) is 0.408. The van der Waals surface area contributed by atoms with Gasteiger partial charge in [0.1, 0.15) is 5.65 Å². The summed E-state index contributed by atoms with van der Waals surface area (Å²) in [7, 11) is 0. The number of carboxylic acids is 1. The van der Waals surface area contributed by atoms with Crippen molar-refractivity contribution in [3.63, 3.8) is 0 Å². The third-order valence-corrected chi connectivity index (χ3v) is 7.46. The number of piperidine rings is 1. The van der Waals surface area contributed by atoms with Crippen molar-refractivity contribution in [3.05, 3.63) is 59.2 Å². The molecule has 1 fully saturated rings. The molecule has 0 saturated carbocycles. The molecule has 1 N–H and O–H groups in total. The van der Waals surface area contributed by atoms with Gasteiger partial charge in [-0.2, -0.15) is 0 Å². The summed E-state index contributed by atoms with van der Waals surface area (Å²) < 4.78 is 57.7. The summed E-state index contributed by atoms with van der Waals surface area (Å²) in [6.07, 6.45) is -1.10. The van der Waals surface area contributed by atoms with Gasteiger partial charge in [0.05, 0.1) is 13.1 Å². The van der Waals surface area contributed by atoms with E-state index < -0.39 is 23.9 Å². The lowest BCUT2D eigenvalue weighted by Gasteiger charge is -2.34. The maximum Gasteiger partial charge on any atom is 0.573 e. The Balaban J connectivity index is 0.00000370. The highest BCUT2D eigenvalue weighted by molar-refractivity contribution is 5.85. The number of amides is 1. The Morgan fingerprint density at radius 1 is 1.12 bits per heavy atom.